The van der Waals surface area contributed by atoms with Gasteiger partial charge in [0, 0.05) is 15.8 Å². The molecule has 0 aliphatic carbocycles. The molecule has 56 valence electrons. The number of hydrogen-bond acceptors (Lipinski definition) is 2. The maximum absolute atomic E-state index is 5.69. The Bertz CT molecular complexity index is 203. The fraction of sp³-hybridized carbons (Fsp3) is 0.500. The Hall–Kier alpha value is -0.340. The van der Waals surface area contributed by atoms with Gasteiger partial charge in [-0.1, -0.05) is 6.92 Å². The minimum atomic E-state index is 0.199. The molecule has 0 bridgehead atoms. The van der Waals surface area contributed by atoms with Gasteiger partial charge in [0.1, 0.15) is 0 Å². The lowest BCUT2D eigenvalue weighted by molar-refractivity contribution is 0.838. The van der Waals surface area contributed by atoms with Crippen LogP contribution >= 0.6 is 11.3 Å². The van der Waals surface area contributed by atoms with E-state index in [4.69, 9.17) is 5.73 Å². The van der Waals surface area contributed by atoms with Gasteiger partial charge in [-0.25, -0.2) is 0 Å². The normalized spacial score (nSPS) is 13.5. The molecule has 0 fully saturated rings. The first kappa shape index (κ1) is 7.76. The lowest BCUT2D eigenvalue weighted by Gasteiger charge is -1.97. The summed E-state index contributed by atoms with van der Waals surface area (Å²) in [4.78, 5) is 2.71. The molecular formula is C8H13NS. The molecule has 1 nitrogen and oxygen atoms in total. The average Bonchev–Trinajstić information content (AvgIpc) is 2.34. The largest absolute Gasteiger partial charge is 0.324 e. The van der Waals surface area contributed by atoms with E-state index in [1.54, 1.807) is 0 Å². The monoisotopic (exact) mass is 155 g/mol. The predicted molar refractivity (Wildman–Crippen MR) is 46.3 cm³/mol. The van der Waals surface area contributed by atoms with Crippen LogP contribution in [0.1, 0.15) is 29.6 Å². The summed E-state index contributed by atoms with van der Waals surface area (Å²) >= 11 is 1.82. The van der Waals surface area contributed by atoms with Crippen LogP contribution in [-0.2, 0) is 6.42 Å². The summed E-state index contributed by atoms with van der Waals surface area (Å²) in [5.74, 6) is 0. The molecule has 1 aromatic rings. The number of thiophene rings is 1. The van der Waals surface area contributed by atoms with Gasteiger partial charge in [-0.15, -0.1) is 11.3 Å². The second-order valence-electron chi connectivity index (χ2n) is 2.45. The Balaban J connectivity index is 2.78. The molecule has 0 amide bonds. The van der Waals surface area contributed by atoms with Crippen LogP contribution in [0.5, 0.6) is 0 Å². The zero-order valence-corrected chi connectivity index (χ0v) is 7.24. The number of hydrogen-bond donors (Lipinski definition) is 1. The highest BCUT2D eigenvalue weighted by Crippen LogP contribution is 2.21. The van der Waals surface area contributed by atoms with Gasteiger partial charge < -0.3 is 5.73 Å². The third-order valence-electron chi connectivity index (χ3n) is 1.48. The molecule has 0 saturated heterocycles. The molecule has 1 rings (SSSR count). The molecule has 2 heteroatoms. The van der Waals surface area contributed by atoms with Crippen molar-refractivity contribution in [3.05, 3.63) is 21.9 Å². The van der Waals surface area contributed by atoms with Crippen LogP contribution in [0.4, 0.5) is 0 Å². The SMILES string of the molecule is CCc1ccc([C@H](C)N)s1. The van der Waals surface area contributed by atoms with Gasteiger partial charge >= 0.3 is 0 Å². The van der Waals surface area contributed by atoms with E-state index in [0.29, 0.717) is 0 Å². The van der Waals surface area contributed by atoms with Gasteiger partial charge in [0.25, 0.3) is 0 Å². The van der Waals surface area contributed by atoms with E-state index in [-0.39, 0.29) is 6.04 Å². The minimum Gasteiger partial charge on any atom is -0.324 e. The van der Waals surface area contributed by atoms with Crippen LogP contribution in [0, 0.1) is 0 Å². The smallest absolute Gasteiger partial charge is 0.0361 e. The summed E-state index contributed by atoms with van der Waals surface area (Å²) in [6.45, 7) is 4.18. The second-order valence-corrected chi connectivity index (χ2v) is 3.65. The lowest BCUT2D eigenvalue weighted by Crippen LogP contribution is -2.01. The van der Waals surface area contributed by atoms with E-state index in [1.165, 1.54) is 9.75 Å². The van der Waals surface area contributed by atoms with Crippen molar-refractivity contribution in [3.8, 4) is 0 Å². The van der Waals surface area contributed by atoms with E-state index in [1.807, 2.05) is 18.3 Å². The molecule has 0 radical (unpaired) electrons. The Labute approximate surface area is 65.9 Å². The van der Waals surface area contributed by atoms with Crippen molar-refractivity contribution >= 4 is 11.3 Å². The summed E-state index contributed by atoms with van der Waals surface area (Å²) in [6, 6.07) is 4.47. The lowest BCUT2D eigenvalue weighted by atomic mass is 10.3. The molecule has 0 spiro atoms. The first-order valence-electron chi connectivity index (χ1n) is 3.58. The molecule has 2 N–H and O–H groups in total. The van der Waals surface area contributed by atoms with Gasteiger partial charge in [-0.2, -0.15) is 0 Å². The van der Waals surface area contributed by atoms with E-state index >= 15 is 0 Å². The Morgan fingerprint density at radius 2 is 2.30 bits per heavy atom. The quantitative estimate of drug-likeness (QED) is 0.697. The van der Waals surface area contributed by atoms with E-state index < -0.39 is 0 Å². The zero-order valence-electron chi connectivity index (χ0n) is 6.42. The van der Waals surface area contributed by atoms with E-state index in [2.05, 4.69) is 19.1 Å². The molecule has 10 heavy (non-hydrogen) atoms. The highest BCUT2D eigenvalue weighted by molar-refractivity contribution is 7.12. The fourth-order valence-corrected chi connectivity index (χ4v) is 1.73. The molecule has 1 atom stereocenters. The van der Waals surface area contributed by atoms with Crippen LogP contribution in [0.3, 0.4) is 0 Å². The van der Waals surface area contributed by atoms with Gasteiger partial charge in [0.2, 0.25) is 0 Å². The first-order chi connectivity index (χ1) is 4.74. The summed E-state index contributed by atoms with van der Waals surface area (Å²) < 4.78 is 0. The van der Waals surface area contributed by atoms with Crippen molar-refractivity contribution in [2.75, 3.05) is 0 Å². The van der Waals surface area contributed by atoms with Crippen molar-refractivity contribution < 1.29 is 0 Å². The zero-order chi connectivity index (χ0) is 7.56. The van der Waals surface area contributed by atoms with Crippen LogP contribution in [-0.4, -0.2) is 0 Å². The van der Waals surface area contributed by atoms with Crippen LogP contribution in [0.2, 0.25) is 0 Å². The third kappa shape index (κ3) is 1.58. The Morgan fingerprint density at radius 3 is 2.60 bits per heavy atom. The molecule has 0 aromatic carbocycles. The Morgan fingerprint density at radius 1 is 1.60 bits per heavy atom. The van der Waals surface area contributed by atoms with Crippen LogP contribution in [0.15, 0.2) is 12.1 Å². The molecule has 1 heterocycles. The van der Waals surface area contributed by atoms with E-state index in [0.717, 1.165) is 6.42 Å². The van der Waals surface area contributed by atoms with E-state index in [9.17, 15) is 0 Å². The third-order valence-corrected chi connectivity index (χ3v) is 2.91. The van der Waals surface area contributed by atoms with Crippen molar-refractivity contribution in [1.82, 2.24) is 0 Å². The van der Waals surface area contributed by atoms with Crippen LogP contribution < -0.4 is 5.73 Å². The maximum atomic E-state index is 5.69. The standard InChI is InChI=1S/C8H13NS/c1-3-7-4-5-8(10-7)6(2)9/h4-6H,3,9H2,1-2H3/t6-/m0/s1. The summed E-state index contributed by atoms with van der Waals surface area (Å²) in [6.07, 6.45) is 1.12. The molecule has 0 aliphatic heterocycles. The van der Waals surface area contributed by atoms with Gasteiger partial charge in [-0.05, 0) is 25.5 Å². The molecule has 0 unspecified atom stereocenters. The molecular weight excluding hydrogens is 142 g/mol. The molecule has 1 aromatic heterocycles. The summed E-state index contributed by atoms with van der Waals surface area (Å²) in [5, 5.41) is 0. The first-order valence-corrected chi connectivity index (χ1v) is 4.40. The summed E-state index contributed by atoms with van der Waals surface area (Å²) in [7, 11) is 0. The topological polar surface area (TPSA) is 26.0 Å². The number of aryl methyl sites for hydroxylation is 1. The van der Waals surface area contributed by atoms with Gasteiger partial charge in [0.15, 0.2) is 0 Å². The van der Waals surface area contributed by atoms with Gasteiger partial charge in [-0.3, -0.25) is 0 Å². The fourth-order valence-electron chi connectivity index (χ4n) is 0.829. The second kappa shape index (κ2) is 3.17. The van der Waals surface area contributed by atoms with Gasteiger partial charge in [0.05, 0.1) is 0 Å². The highest BCUT2D eigenvalue weighted by atomic mass is 32.1. The predicted octanol–water partition coefficient (Wildman–Crippen LogP) is 2.33. The summed E-state index contributed by atoms with van der Waals surface area (Å²) in [5.41, 5.74) is 5.69. The van der Waals surface area contributed by atoms with Crippen LogP contribution in [0.25, 0.3) is 0 Å². The molecule has 0 aliphatic rings. The maximum Gasteiger partial charge on any atom is 0.0361 e. The highest BCUT2D eigenvalue weighted by Gasteiger charge is 2.01. The number of nitrogens with two attached hydrogens (primary N) is 1. The average molecular weight is 155 g/mol. The Kier molecular flexibility index (Phi) is 2.46. The van der Waals surface area contributed by atoms with Crippen molar-refractivity contribution in [2.24, 2.45) is 5.73 Å². The molecule has 0 saturated carbocycles. The van der Waals surface area contributed by atoms with Crippen molar-refractivity contribution in [3.63, 3.8) is 0 Å². The number of rotatable bonds is 2. The minimum absolute atomic E-state index is 0.199. The van der Waals surface area contributed by atoms with Crippen molar-refractivity contribution in [1.29, 1.82) is 0 Å². The van der Waals surface area contributed by atoms with Crippen molar-refractivity contribution in [2.45, 2.75) is 26.3 Å².